The normalized spacial score (nSPS) is 14.8. The van der Waals surface area contributed by atoms with Gasteiger partial charge in [0.1, 0.15) is 10.8 Å². The Morgan fingerprint density at radius 2 is 2.04 bits per heavy atom. The summed E-state index contributed by atoms with van der Waals surface area (Å²) in [5.41, 5.74) is 0.372. The van der Waals surface area contributed by atoms with Gasteiger partial charge in [-0.25, -0.2) is 4.39 Å². The molecule has 128 valence electrons. The Balaban J connectivity index is 1.67. The monoisotopic (exact) mass is 386 g/mol. The van der Waals surface area contributed by atoms with Crippen LogP contribution in [0, 0.1) is 5.82 Å². The van der Waals surface area contributed by atoms with Crippen molar-refractivity contribution in [3.63, 3.8) is 0 Å². The Labute approximate surface area is 155 Å². The summed E-state index contributed by atoms with van der Waals surface area (Å²) in [5.74, 6) is 0.0710. The van der Waals surface area contributed by atoms with E-state index in [0.29, 0.717) is 32.6 Å². The molecule has 1 fully saturated rings. The van der Waals surface area contributed by atoms with Crippen LogP contribution < -0.4 is 10.6 Å². The highest BCUT2D eigenvalue weighted by Gasteiger charge is 2.17. The van der Waals surface area contributed by atoms with Crippen molar-refractivity contribution in [1.29, 1.82) is 0 Å². The summed E-state index contributed by atoms with van der Waals surface area (Å²) in [5, 5.41) is 11.9. The number of aromatic nitrogens is 2. The van der Waals surface area contributed by atoms with Gasteiger partial charge in [-0.15, -0.1) is 0 Å². The van der Waals surface area contributed by atoms with Crippen LogP contribution in [-0.2, 0) is 6.54 Å². The molecule has 8 heteroatoms. The number of nitrogens with zero attached hydrogens (tertiary/aromatic N) is 2. The molecule has 1 heterocycles. The van der Waals surface area contributed by atoms with E-state index in [0.717, 1.165) is 12.8 Å². The SMILES string of the molecule is Fc1cccc(Cl)c1Cn1cc(Cl)c(NC(=S)NC2CCCC2)n1. The molecule has 0 spiro atoms. The van der Waals surface area contributed by atoms with Gasteiger partial charge in [0.2, 0.25) is 0 Å². The van der Waals surface area contributed by atoms with Crippen LogP contribution in [0.1, 0.15) is 31.2 Å². The number of thiocarbonyl (C=S) groups is 1. The number of hydrogen-bond donors (Lipinski definition) is 2. The van der Waals surface area contributed by atoms with Crippen LogP contribution in [0.5, 0.6) is 0 Å². The van der Waals surface area contributed by atoms with Crippen molar-refractivity contribution in [2.75, 3.05) is 5.32 Å². The number of anilines is 1. The third kappa shape index (κ3) is 4.18. The molecule has 2 aromatic rings. The highest BCUT2D eigenvalue weighted by Crippen LogP contribution is 2.24. The van der Waals surface area contributed by atoms with Crippen LogP contribution in [0.2, 0.25) is 10.0 Å². The summed E-state index contributed by atoms with van der Waals surface area (Å²) in [6.07, 6.45) is 6.30. The van der Waals surface area contributed by atoms with E-state index >= 15 is 0 Å². The average molecular weight is 387 g/mol. The first kappa shape index (κ1) is 17.5. The topological polar surface area (TPSA) is 41.9 Å². The summed E-state index contributed by atoms with van der Waals surface area (Å²) in [6.45, 7) is 0.190. The van der Waals surface area contributed by atoms with Crippen molar-refractivity contribution >= 4 is 46.4 Å². The van der Waals surface area contributed by atoms with Crippen LogP contribution >= 0.6 is 35.4 Å². The molecule has 1 aromatic carbocycles. The maximum Gasteiger partial charge on any atom is 0.173 e. The van der Waals surface area contributed by atoms with Crippen LogP contribution in [0.15, 0.2) is 24.4 Å². The first-order valence-corrected chi connectivity index (χ1v) is 8.92. The second kappa shape index (κ2) is 7.68. The molecular formula is C16H17Cl2FN4S. The summed E-state index contributed by atoms with van der Waals surface area (Å²) in [4.78, 5) is 0. The van der Waals surface area contributed by atoms with E-state index in [-0.39, 0.29) is 12.4 Å². The maximum atomic E-state index is 13.9. The highest BCUT2D eigenvalue weighted by atomic mass is 35.5. The van der Waals surface area contributed by atoms with Gasteiger partial charge in [0.15, 0.2) is 10.9 Å². The van der Waals surface area contributed by atoms with Gasteiger partial charge in [0, 0.05) is 22.8 Å². The molecule has 0 radical (unpaired) electrons. The average Bonchev–Trinajstić information content (AvgIpc) is 3.14. The van der Waals surface area contributed by atoms with Gasteiger partial charge in [-0.3, -0.25) is 4.68 Å². The van der Waals surface area contributed by atoms with Crippen molar-refractivity contribution in [1.82, 2.24) is 15.1 Å². The molecule has 1 saturated carbocycles. The van der Waals surface area contributed by atoms with Gasteiger partial charge in [0.05, 0.1) is 6.54 Å². The van der Waals surface area contributed by atoms with E-state index in [1.165, 1.54) is 23.6 Å². The van der Waals surface area contributed by atoms with Gasteiger partial charge in [-0.05, 0) is 37.2 Å². The molecular weight excluding hydrogens is 370 g/mol. The van der Waals surface area contributed by atoms with Crippen molar-refractivity contribution in [3.8, 4) is 0 Å². The molecule has 1 aliphatic rings. The fourth-order valence-electron chi connectivity index (χ4n) is 2.81. The minimum absolute atomic E-state index is 0.190. The molecule has 1 aromatic heterocycles. The van der Waals surface area contributed by atoms with Crippen LogP contribution in [0.3, 0.4) is 0 Å². The third-order valence-electron chi connectivity index (χ3n) is 4.02. The molecule has 24 heavy (non-hydrogen) atoms. The number of nitrogens with one attached hydrogen (secondary N) is 2. The molecule has 0 atom stereocenters. The minimum Gasteiger partial charge on any atom is -0.360 e. The Hall–Kier alpha value is -1.37. The Morgan fingerprint density at radius 1 is 1.29 bits per heavy atom. The first-order valence-electron chi connectivity index (χ1n) is 7.76. The van der Waals surface area contributed by atoms with Gasteiger partial charge in [-0.2, -0.15) is 5.10 Å². The van der Waals surface area contributed by atoms with E-state index in [9.17, 15) is 4.39 Å². The van der Waals surface area contributed by atoms with Crippen molar-refractivity contribution in [2.24, 2.45) is 0 Å². The predicted molar refractivity (Wildman–Crippen MR) is 99.4 cm³/mol. The number of hydrogen-bond acceptors (Lipinski definition) is 2. The smallest absolute Gasteiger partial charge is 0.173 e. The van der Waals surface area contributed by atoms with Gasteiger partial charge in [-0.1, -0.05) is 42.1 Å². The molecule has 2 N–H and O–H groups in total. The highest BCUT2D eigenvalue weighted by molar-refractivity contribution is 7.80. The van der Waals surface area contributed by atoms with Gasteiger partial charge >= 0.3 is 0 Å². The predicted octanol–water partition coefficient (Wildman–Crippen LogP) is 4.61. The summed E-state index contributed by atoms with van der Waals surface area (Å²) in [7, 11) is 0. The molecule has 0 aliphatic heterocycles. The van der Waals surface area contributed by atoms with Crippen LogP contribution in [-0.4, -0.2) is 20.9 Å². The molecule has 0 unspecified atom stereocenters. The lowest BCUT2D eigenvalue weighted by Crippen LogP contribution is -2.36. The lowest BCUT2D eigenvalue weighted by atomic mass is 10.2. The molecule has 4 nitrogen and oxygen atoms in total. The zero-order valence-corrected chi connectivity index (χ0v) is 15.2. The fourth-order valence-corrected chi connectivity index (χ4v) is 3.49. The first-order chi connectivity index (χ1) is 11.5. The van der Waals surface area contributed by atoms with Crippen molar-refractivity contribution in [2.45, 2.75) is 38.3 Å². The lowest BCUT2D eigenvalue weighted by molar-refractivity contribution is 0.586. The molecule has 1 aliphatic carbocycles. The zero-order valence-electron chi connectivity index (χ0n) is 12.9. The van der Waals surface area contributed by atoms with E-state index in [4.69, 9.17) is 35.4 Å². The molecule has 0 amide bonds. The number of benzene rings is 1. The number of halogens is 3. The minimum atomic E-state index is -0.373. The van der Waals surface area contributed by atoms with E-state index < -0.39 is 0 Å². The second-order valence-electron chi connectivity index (χ2n) is 5.80. The maximum absolute atomic E-state index is 13.9. The standard InChI is InChI=1S/C16H17Cl2FN4S/c17-12-6-3-7-14(19)11(12)8-23-9-13(18)15(22-23)21-16(24)20-10-4-1-2-5-10/h3,6-7,9-10H,1-2,4-5,8H2,(H2,20,21,22,24). The summed E-state index contributed by atoms with van der Waals surface area (Å²) < 4.78 is 15.4. The Kier molecular flexibility index (Phi) is 5.58. The van der Waals surface area contributed by atoms with Crippen LogP contribution in [0.4, 0.5) is 10.2 Å². The van der Waals surface area contributed by atoms with Gasteiger partial charge < -0.3 is 10.6 Å². The molecule has 0 bridgehead atoms. The summed E-state index contributed by atoms with van der Waals surface area (Å²) in [6, 6.07) is 4.98. The Bertz CT molecular complexity index is 723. The van der Waals surface area contributed by atoms with Crippen molar-refractivity contribution < 1.29 is 4.39 Å². The van der Waals surface area contributed by atoms with E-state index in [1.807, 2.05) is 0 Å². The molecule has 3 rings (SSSR count). The Morgan fingerprint density at radius 3 is 2.75 bits per heavy atom. The summed E-state index contributed by atoms with van der Waals surface area (Å²) >= 11 is 17.5. The second-order valence-corrected chi connectivity index (χ2v) is 7.03. The number of rotatable bonds is 4. The quantitative estimate of drug-likeness (QED) is 0.753. The van der Waals surface area contributed by atoms with Crippen LogP contribution in [0.25, 0.3) is 0 Å². The van der Waals surface area contributed by atoms with E-state index in [2.05, 4.69) is 15.7 Å². The van der Waals surface area contributed by atoms with Gasteiger partial charge in [0.25, 0.3) is 0 Å². The fraction of sp³-hybridized carbons (Fsp3) is 0.375. The van der Waals surface area contributed by atoms with Crippen molar-refractivity contribution in [3.05, 3.63) is 45.8 Å². The zero-order chi connectivity index (χ0) is 17.1. The third-order valence-corrected chi connectivity index (χ3v) is 4.87. The largest absolute Gasteiger partial charge is 0.360 e. The lowest BCUT2D eigenvalue weighted by Gasteiger charge is -2.14. The van der Waals surface area contributed by atoms with E-state index in [1.54, 1.807) is 18.3 Å². The molecule has 0 saturated heterocycles.